The van der Waals surface area contributed by atoms with Crippen molar-refractivity contribution in [2.75, 3.05) is 7.11 Å². The molecule has 0 amide bonds. The Bertz CT molecular complexity index is 690. The van der Waals surface area contributed by atoms with Crippen LogP contribution in [0.25, 0.3) is 6.08 Å². The van der Waals surface area contributed by atoms with Crippen molar-refractivity contribution >= 4 is 17.5 Å². The van der Waals surface area contributed by atoms with Gasteiger partial charge in [-0.3, -0.25) is 14.9 Å². The minimum atomic E-state index is -0.501. The van der Waals surface area contributed by atoms with Gasteiger partial charge in [0, 0.05) is 23.3 Å². The molecule has 21 heavy (non-hydrogen) atoms. The van der Waals surface area contributed by atoms with Crippen LogP contribution in [0.2, 0.25) is 0 Å². The van der Waals surface area contributed by atoms with Gasteiger partial charge in [0.1, 0.15) is 5.75 Å². The summed E-state index contributed by atoms with van der Waals surface area (Å²) in [5, 5.41) is 10.6. The van der Waals surface area contributed by atoms with Crippen LogP contribution < -0.4 is 4.74 Å². The molecular weight excluding hydrogens is 270 g/mol. The quantitative estimate of drug-likeness (QED) is 0.364. The Morgan fingerprint density at radius 1 is 1.14 bits per heavy atom. The predicted octanol–water partition coefficient (Wildman–Crippen LogP) is 3.50. The van der Waals surface area contributed by atoms with Crippen LogP contribution >= 0.6 is 0 Å². The van der Waals surface area contributed by atoms with Gasteiger partial charge in [-0.25, -0.2) is 0 Å². The summed E-state index contributed by atoms with van der Waals surface area (Å²) in [5.41, 5.74) is 1.14. The topological polar surface area (TPSA) is 69.4 Å². The molecule has 0 unspecified atom stereocenters. The van der Waals surface area contributed by atoms with Crippen molar-refractivity contribution in [2.24, 2.45) is 0 Å². The Morgan fingerprint density at radius 2 is 1.81 bits per heavy atom. The molecule has 0 aliphatic heterocycles. The van der Waals surface area contributed by atoms with E-state index in [1.54, 1.807) is 19.3 Å². The minimum absolute atomic E-state index is 0.0414. The van der Waals surface area contributed by atoms with E-state index in [-0.39, 0.29) is 11.5 Å². The lowest BCUT2D eigenvalue weighted by Crippen LogP contribution is -1.95. The Hall–Kier alpha value is -2.95. The summed E-state index contributed by atoms with van der Waals surface area (Å²) in [5.74, 6) is 0.445. The van der Waals surface area contributed by atoms with Crippen molar-refractivity contribution in [1.82, 2.24) is 0 Å². The molecule has 0 spiro atoms. The molecule has 0 atom stereocenters. The molecule has 0 aliphatic rings. The SMILES string of the molecule is COc1ccccc1C=CC(=O)c1ccc([N+](=O)[O-])cc1. The first-order valence-corrected chi connectivity index (χ1v) is 6.21. The number of hydrogen-bond acceptors (Lipinski definition) is 4. The fourth-order valence-corrected chi connectivity index (χ4v) is 1.81. The first-order chi connectivity index (χ1) is 10.1. The van der Waals surface area contributed by atoms with E-state index in [1.807, 2.05) is 18.2 Å². The zero-order chi connectivity index (χ0) is 15.2. The summed E-state index contributed by atoms with van der Waals surface area (Å²) in [4.78, 5) is 22.1. The molecule has 0 N–H and O–H groups in total. The Kier molecular flexibility index (Phi) is 4.46. The third kappa shape index (κ3) is 3.54. The Labute approximate surface area is 121 Å². The van der Waals surface area contributed by atoms with Crippen LogP contribution in [0, 0.1) is 10.1 Å². The van der Waals surface area contributed by atoms with Gasteiger partial charge in [0.15, 0.2) is 5.78 Å². The number of hydrogen-bond donors (Lipinski definition) is 0. The monoisotopic (exact) mass is 283 g/mol. The van der Waals surface area contributed by atoms with Gasteiger partial charge >= 0.3 is 0 Å². The van der Waals surface area contributed by atoms with Crippen LogP contribution in [0.5, 0.6) is 5.75 Å². The van der Waals surface area contributed by atoms with Gasteiger partial charge in [0.25, 0.3) is 5.69 Å². The largest absolute Gasteiger partial charge is 0.496 e. The Balaban J connectivity index is 2.17. The molecule has 106 valence electrons. The van der Waals surface area contributed by atoms with E-state index in [0.717, 1.165) is 5.56 Å². The molecule has 2 aromatic carbocycles. The third-order valence-corrected chi connectivity index (χ3v) is 2.92. The number of allylic oxidation sites excluding steroid dienone is 1. The van der Waals surface area contributed by atoms with Crippen molar-refractivity contribution in [2.45, 2.75) is 0 Å². The molecule has 0 aliphatic carbocycles. The summed E-state index contributed by atoms with van der Waals surface area (Å²) in [6, 6.07) is 12.8. The fraction of sp³-hybridized carbons (Fsp3) is 0.0625. The van der Waals surface area contributed by atoms with Gasteiger partial charge in [-0.2, -0.15) is 0 Å². The molecule has 0 radical (unpaired) electrons. The average molecular weight is 283 g/mol. The number of carbonyl (C=O) groups excluding carboxylic acids is 1. The molecule has 5 nitrogen and oxygen atoms in total. The van der Waals surface area contributed by atoms with E-state index in [9.17, 15) is 14.9 Å². The average Bonchev–Trinajstić information content (AvgIpc) is 2.52. The van der Waals surface area contributed by atoms with E-state index >= 15 is 0 Å². The highest BCUT2D eigenvalue weighted by atomic mass is 16.6. The van der Waals surface area contributed by atoms with E-state index in [0.29, 0.717) is 11.3 Å². The molecule has 2 rings (SSSR count). The number of ether oxygens (including phenoxy) is 1. The van der Waals surface area contributed by atoms with E-state index in [2.05, 4.69) is 0 Å². The van der Waals surface area contributed by atoms with Crippen molar-refractivity contribution in [1.29, 1.82) is 0 Å². The molecule has 0 saturated carbocycles. The zero-order valence-corrected chi connectivity index (χ0v) is 11.4. The number of non-ortho nitro benzene ring substituents is 1. The molecule has 5 heteroatoms. The summed E-state index contributed by atoms with van der Waals surface area (Å²) >= 11 is 0. The second kappa shape index (κ2) is 6.47. The van der Waals surface area contributed by atoms with Crippen molar-refractivity contribution < 1.29 is 14.5 Å². The van der Waals surface area contributed by atoms with Gasteiger partial charge in [0.2, 0.25) is 0 Å². The van der Waals surface area contributed by atoms with Crippen LogP contribution in [0.4, 0.5) is 5.69 Å². The van der Waals surface area contributed by atoms with Crippen molar-refractivity contribution in [3.8, 4) is 5.75 Å². The summed E-state index contributed by atoms with van der Waals surface area (Å²) in [6.45, 7) is 0. The number of nitro groups is 1. The van der Waals surface area contributed by atoms with Crippen molar-refractivity contribution in [3.05, 3.63) is 75.8 Å². The minimum Gasteiger partial charge on any atom is -0.496 e. The standard InChI is InChI=1S/C16H13NO4/c1-21-16-5-3-2-4-13(16)8-11-15(18)12-6-9-14(10-7-12)17(19)20/h2-11H,1H3. The van der Waals surface area contributed by atoms with Crippen molar-refractivity contribution in [3.63, 3.8) is 0 Å². The number of rotatable bonds is 5. The summed E-state index contributed by atoms with van der Waals surface area (Å²) in [6.07, 6.45) is 3.07. The van der Waals surface area contributed by atoms with E-state index < -0.39 is 4.92 Å². The number of nitrogens with zero attached hydrogens (tertiary/aromatic N) is 1. The number of carbonyl (C=O) groups is 1. The molecule has 0 heterocycles. The van der Waals surface area contributed by atoms with E-state index in [1.165, 1.54) is 30.3 Å². The number of ketones is 1. The smallest absolute Gasteiger partial charge is 0.269 e. The third-order valence-electron chi connectivity index (χ3n) is 2.92. The van der Waals surface area contributed by atoms with E-state index in [4.69, 9.17) is 4.74 Å². The van der Waals surface area contributed by atoms with Gasteiger partial charge in [-0.15, -0.1) is 0 Å². The maximum Gasteiger partial charge on any atom is 0.269 e. The number of methoxy groups -OCH3 is 1. The predicted molar refractivity (Wildman–Crippen MR) is 79.5 cm³/mol. The molecule has 0 aromatic heterocycles. The zero-order valence-electron chi connectivity index (χ0n) is 11.4. The normalized spacial score (nSPS) is 10.5. The van der Waals surface area contributed by atoms with Crippen LogP contribution in [-0.4, -0.2) is 17.8 Å². The molecule has 0 bridgehead atoms. The second-order valence-electron chi connectivity index (χ2n) is 4.24. The lowest BCUT2D eigenvalue weighted by molar-refractivity contribution is -0.384. The highest BCUT2D eigenvalue weighted by Gasteiger charge is 2.07. The van der Waals surface area contributed by atoms with Gasteiger partial charge in [-0.1, -0.05) is 18.2 Å². The maximum atomic E-state index is 12.0. The highest BCUT2D eigenvalue weighted by Crippen LogP contribution is 2.19. The van der Waals surface area contributed by atoms with Gasteiger partial charge < -0.3 is 4.74 Å². The highest BCUT2D eigenvalue weighted by molar-refractivity contribution is 6.07. The van der Waals surface area contributed by atoms with Crippen LogP contribution in [-0.2, 0) is 0 Å². The maximum absolute atomic E-state index is 12.0. The van der Waals surface area contributed by atoms with Crippen LogP contribution in [0.1, 0.15) is 15.9 Å². The number of nitro benzene ring substituents is 1. The number of benzene rings is 2. The van der Waals surface area contributed by atoms with Crippen LogP contribution in [0.3, 0.4) is 0 Å². The van der Waals surface area contributed by atoms with Gasteiger partial charge in [0.05, 0.1) is 12.0 Å². The first-order valence-electron chi connectivity index (χ1n) is 6.21. The fourth-order valence-electron chi connectivity index (χ4n) is 1.81. The number of para-hydroxylation sites is 1. The molecule has 0 saturated heterocycles. The van der Waals surface area contributed by atoms with Gasteiger partial charge in [-0.05, 0) is 30.4 Å². The summed E-state index contributed by atoms with van der Waals surface area (Å²) in [7, 11) is 1.56. The first kappa shape index (κ1) is 14.5. The molecule has 2 aromatic rings. The lowest BCUT2D eigenvalue weighted by Gasteiger charge is -2.03. The summed E-state index contributed by atoms with van der Waals surface area (Å²) < 4.78 is 5.19. The molecular formula is C16H13NO4. The Morgan fingerprint density at radius 3 is 2.43 bits per heavy atom. The molecule has 0 fully saturated rings. The lowest BCUT2D eigenvalue weighted by atomic mass is 10.1. The van der Waals surface area contributed by atoms with Crippen LogP contribution in [0.15, 0.2) is 54.6 Å². The second-order valence-corrected chi connectivity index (χ2v) is 4.24.